The van der Waals surface area contributed by atoms with Gasteiger partial charge in [-0.2, -0.15) is 5.10 Å². The first-order valence-electron chi connectivity index (χ1n) is 12.8. The molecule has 1 aromatic carbocycles. The average Bonchev–Trinajstić information content (AvgIpc) is 3.53. The van der Waals surface area contributed by atoms with Crippen molar-refractivity contribution in [3.63, 3.8) is 0 Å². The number of primary amides is 1. The number of benzene rings is 1. The molecule has 0 radical (unpaired) electrons. The second-order valence-corrected chi connectivity index (χ2v) is 11.3. The smallest absolute Gasteiger partial charge is 0.264 e. The number of ether oxygens (including phenoxy) is 2. The Labute approximate surface area is 229 Å². The van der Waals surface area contributed by atoms with Gasteiger partial charge in [-0.1, -0.05) is 30.3 Å². The highest BCUT2D eigenvalue weighted by atomic mass is 32.1. The number of aromatic nitrogens is 3. The standard InChI is InChI=1S/C28H31N5O5S/c1-28(2,36)16-37-20-12-13-22-21(14-30-33(22)15-20)25(35)31-18-8-10-19(11-9-18)38-26-23(24(29)34)39-27(32-26)17-6-4-3-5-7-17/h3-7,12-15,18-19,36H,8-11,16H2,1-2H3,(H2,29,34)(H,31,35)/t18-,19-. The molecular weight excluding hydrogens is 518 g/mol. The summed E-state index contributed by atoms with van der Waals surface area (Å²) in [6.45, 7) is 3.47. The van der Waals surface area contributed by atoms with Gasteiger partial charge >= 0.3 is 0 Å². The maximum atomic E-state index is 13.0. The van der Waals surface area contributed by atoms with Gasteiger partial charge < -0.3 is 25.6 Å². The number of nitrogens with two attached hydrogens (primary N) is 1. The first-order chi connectivity index (χ1) is 18.7. The van der Waals surface area contributed by atoms with E-state index in [2.05, 4.69) is 15.4 Å². The first-order valence-corrected chi connectivity index (χ1v) is 13.6. The molecule has 0 atom stereocenters. The van der Waals surface area contributed by atoms with Crippen molar-refractivity contribution in [2.75, 3.05) is 6.61 Å². The van der Waals surface area contributed by atoms with Gasteiger partial charge in [0, 0.05) is 11.6 Å². The SMILES string of the molecule is CC(C)(O)COc1ccc2c(C(=O)N[C@H]3CC[C@H](Oc4nc(-c5ccccc5)sc4C(N)=O)CC3)cnn2c1. The van der Waals surface area contributed by atoms with E-state index in [-0.39, 0.29) is 30.5 Å². The minimum absolute atomic E-state index is 0.00684. The van der Waals surface area contributed by atoms with Gasteiger partial charge in [0.25, 0.3) is 11.8 Å². The summed E-state index contributed by atoms with van der Waals surface area (Å²) in [6, 6.07) is 13.1. The zero-order valence-electron chi connectivity index (χ0n) is 21.8. The van der Waals surface area contributed by atoms with Gasteiger partial charge in [0.2, 0.25) is 5.88 Å². The molecule has 0 saturated heterocycles. The molecule has 39 heavy (non-hydrogen) atoms. The Hall–Kier alpha value is -3.96. The van der Waals surface area contributed by atoms with E-state index in [0.717, 1.165) is 18.4 Å². The summed E-state index contributed by atoms with van der Waals surface area (Å²) in [5, 5.41) is 18.0. The van der Waals surface area contributed by atoms with Crippen LogP contribution in [0.4, 0.5) is 0 Å². The number of rotatable bonds is 9. The van der Waals surface area contributed by atoms with Crippen molar-refractivity contribution >= 4 is 28.7 Å². The lowest BCUT2D eigenvalue weighted by Crippen LogP contribution is -2.39. The Morgan fingerprint density at radius 3 is 2.59 bits per heavy atom. The Kier molecular flexibility index (Phi) is 7.53. The summed E-state index contributed by atoms with van der Waals surface area (Å²) in [5.74, 6) is 0.0714. The fourth-order valence-electron chi connectivity index (χ4n) is 4.48. The quantitative estimate of drug-likeness (QED) is 0.288. The molecule has 4 aromatic rings. The number of nitrogens with one attached hydrogen (secondary N) is 1. The minimum atomic E-state index is -0.955. The number of hydrogen-bond donors (Lipinski definition) is 3. The average molecular weight is 550 g/mol. The van der Waals surface area contributed by atoms with Crippen LogP contribution in [0.2, 0.25) is 0 Å². The van der Waals surface area contributed by atoms with Crippen molar-refractivity contribution in [2.45, 2.75) is 57.3 Å². The third kappa shape index (κ3) is 6.37. The molecule has 1 aliphatic rings. The molecular formula is C28H31N5O5S. The summed E-state index contributed by atoms with van der Waals surface area (Å²) >= 11 is 1.23. The van der Waals surface area contributed by atoms with Crippen LogP contribution < -0.4 is 20.5 Å². The molecule has 10 nitrogen and oxygen atoms in total. The van der Waals surface area contributed by atoms with E-state index in [1.807, 2.05) is 30.3 Å². The van der Waals surface area contributed by atoms with Crippen molar-refractivity contribution in [1.29, 1.82) is 0 Å². The van der Waals surface area contributed by atoms with Crippen molar-refractivity contribution in [3.8, 4) is 22.2 Å². The number of amides is 2. The molecule has 0 bridgehead atoms. The lowest BCUT2D eigenvalue weighted by Gasteiger charge is -2.29. The number of carbonyl (C=O) groups is 2. The maximum Gasteiger partial charge on any atom is 0.264 e. The molecule has 1 aliphatic carbocycles. The summed E-state index contributed by atoms with van der Waals surface area (Å²) in [5.41, 5.74) is 6.68. The predicted octanol–water partition coefficient (Wildman–Crippen LogP) is 3.83. The maximum absolute atomic E-state index is 13.0. The van der Waals surface area contributed by atoms with Crippen LogP contribution in [0.1, 0.15) is 59.6 Å². The van der Waals surface area contributed by atoms with E-state index in [0.29, 0.717) is 39.6 Å². The van der Waals surface area contributed by atoms with Crippen LogP contribution in [-0.4, -0.2) is 55.9 Å². The van der Waals surface area contributed by atoms with Crippen LogP contribution in [0.25, 0.3) is 16.1 Å². The number of aliphatic hydroxyl groups is 1. The lowest BCUT2D eigenvalue weighted by atomic mass is 9.92. The molecule has 1 fully saturated rings. The van der Waals surface area contributed by atoms with Crippen LogP contribution in [0.15, 0.2) is 54.9 Å². The highest BCUT2D eigenvalue weighted by Crippen LogP contribution is 2.34. The fraction of sp³-hybridized carbons (Fsp3) is 0.357. The lowest BCUT2D eigenvalue weighted by molar-refractivity contribution is 0.0283. The number of carbonyl (C=O) groups excluding carboxylic acids is 2. The minimum Gasteiger partial charge on any atom is -0.489 e. The van der Waals surface area contributed by atoms with E-state index >= 15 is 0 Å². The summed E-state index contributed by atoms with van der Waals surface area (Å²) in [6.07, 6.45) is 5.97. The van der Waals surface area contributed by atoms with Gasteiger partial charge in [-0.05, 0) is 51.7 Å². The number of thiazole rings is 1. The normalized spacial score (nSPS) is 17.6. The molecule has 2 amide bonds. The number of pyridine rings is 1. The molecule has 1 saturated carbocycles. The number of hydrogen-bond acceptors (Lipinski definition) is 8. The van der Waals surface area contributed by atoms with Crippen molar-refractivity contribution < 1.29 is 24.2 Å². The summed E-state index contributed by atoms with van der Waals surface area (Å²) in [4.78, 5) is 29.9. The summed E-state index contributed by atoms with van der Waals surface area (Å²) in [7, 11) is 0. The van der Waals surface area contributed by atoms with Gasteiger partial charge in [0.15, 0.2) is 4.88 Å². The van der Waals surface area contributed by atoms with Crippen LogP contribution in [-0.2, 0) is 0 Å². The molecule has 11 heteroatoms. The van der Waals surface area contributed by atoms with Gasteiger partial charge in [0.1, 0.15) is 23.5 Å². The number of fused-ring (bicyclic) bond motifs is 1. The van der Waals surface area contributed by atoms with Gasteiger partial charge in [-0.25, -0.2) is 9.50 Å². The van der Waals surface area contributed by atoms with Crippen molar-refractivity contribution in [3.05, 3.63) is 65.3 Å². The van der Waals surface area contributed by atoms with Crippen LogP contribution in [0, 0.1) is 0 Å². The molecule has 0 spiro atoms. The second-order valence-electron chi connectivity index (χ2n) is 10.3. The van der Waals surface area contributed by atoms with E-state index in [4.69, 9.17) is 15.2 Å². The molecule has 0 aliphatic heterocycles. The largest absolute Gasteiger partial charge is 0.489 e. The van der Waals surface area contributed by atoms with E-state index in [1.54, 1.807) is 36.7 Å². The van der Waals surface area contributed by atoms with Crippen molar-refractivity contribution in [2.24, 2.45) is 5.73 Å². The van der Waals surface area contributed by atoms with Crippen molar-refractivity contribution in [1.82, 2.24) is 19.9 Å². The van der Waals surface area contributed by atoms with Crippen LogP contribution >= 0.6 is 11.3 Å². The van der Waals surface area contributed by atoms with Crippen LogP contribution in [0.5, 0.6) is 11.6 Å². The third-order valence-corrected chi connectivity index (χ3v) is 7.55. The Morgan fingerprint density at radius 1 is 1.15 bits per heavy atom. The Balaban J connectivity index is 1.18. The molecule has 0 unspecified atom stereocenters. The van der Waals surface area contributed by atoms with E-state index in [9.17, 15) is 14.7 Å². The number of nitrogens with zero attached hydrogens (tertiary/aromatic N) is 3. The zero-order chi connectivity index (χ0) is 27.6. The Bertz CT molecular complexity index is 1470. The molecule has 5 rings (SSSR count). The highest BCUT2D eigenvalue weighted by Gasteiger charge is 2.28. The fourth-order valence-corrected chi connectivity index (χ4v) is 5.34. The van der Waals surface area contributed by atoms with Gasteiger partial charge in [0.05, 0.1) is 29.1 Å². The highest BCUT2D eigenvalue weighted by molar-refractivity contribution is 7.17. The topological polar surface area (TPSA) is 141 Å². The van der Waals surface area contributed by atoms with E-state index in [1.165, 1.54) is 17.5 Å². The molecule has 3 heterocycles. The first kappa shape index (κ1) is 26.6. The zero-order valence-corrected chi connectivity index (χ0v) is 22.6. The molecule has 204 valence electrons. The van der Waals surface area contributed by atoms with Crippen LogP contribution in [0.3, 0.4) is 0 Å². The van der Waals surface area contributed by atoms with Gasteiger partial charge in [-0.15, -0.1) is 11.3 Å². The monoisotopic (exact) mass is 549 g/mol. The van der Waals surface area contributed by atoms with E-state index < -0.39 is 11.5 Å². The van der Waals surface area contributed by atoms with Gasteiger partial charge in [-0.3, -0.25) is 9.59 Å². The second kappa shape index (κ2) is 11.0. The Morgan fingerprint density at radius 2 is 1.90 bits per heavy atom. The summed E-state index contributed by atoms with van der Waals surface area (Å²) < 4.78 is 13.3. The molecule has 4 N–H and O–H groups in total. The molecule has 3 aromatic heterocycles. The third-order valence-electron chi connectivity index (χ3n) is 6.45. The predicted molar refractivity (Wildman–Crippen MR) is 147 cm³/mol.